The lowest BCUT2D eigenvalue weighted by Gasteiger charge is -2.14. The number of hydrogen-bond acceptors (Lipinski definition) is 4. The van der Waals surface area contributed by atoms with Crippen LogP contribution in [0.2, 0.25) is 5.02 Å². The van der Waals surface area contributed by atoms with Crippen LogP contribution in [0.4, 0.5) is 5.69 Å². The Balaban J connectivity index is 2.84. The standard InChI is InChI=1S/C15H22ClNO3/c1-4-19-15(18)12-8-11(17)9-13(16)14(12)20-7-5-6-10(2)3/h8-10H,4-7,17H2,1-3H3. The fourth-order valence-electron chi connectivity index (χ4n) is 1.79. The molecule has 1 rings (SSSR count). The Kier molecular flexibility index (Phi) is 6.65. The van der Waals surface area contributed by atoms with Crippen molar-refractivity contribution < 1.29 is 14.3 Å². The maximum absolute atomic E-state index is 11.9. The molecule has 0 bridgehead atoms. The SMILES string of the molecule is CCOC(=O)c1cc(N)cc(Cl)c1OCCCC(C)C. The van der Waals surface area contributed by atoms with Gasteiger partial charge in [-0.25, -0.2) is 4.79 Å². The number of benzene rings is 1. The Hall–Kier alpha value is -1.42. The van der Waals surface area contributed by atoms with Gasteiger partial charge in [0.1, 0.15) is 5.56 Å². The molecule has 0 saturated heterocycles. The van der Waals surface area contributed by atoms with Crippen LogP contribution in [0.3, 0.4) is 0 Å². The highest BCUT2D eigenvalue weighted by molar-refractivity contribution is 6.33. The summed E-state index contributed by atoms with van der Waals surface area (Å²) in [4.78, 5) is 11.9. The number of carbonyl (C=O) groups excluding carboxylic acids is 1. The molecule has 0 saturated carbocycles. The number of esters is 1. The van der Waals surface area contributed by atoms with Crippen molar-refractivity contribution in [1.29, 1.82) is 0 Å². The molecule has 1 aromatic rings. The van der Waals surface area contributed by atoms with Crippen LogP contribution in [0, 0.1) is 5.92 Å². The second-order valence-electron chi connectivity index (χ2n) is 4.98. The third-order valence-electron chi connectivity index (χ3n) is 2.73. The molecule has 0 aromatic heterocycles. The number of hydrogen-bond donors (Lipinski definition) is 1. The van der Waals surface area contributed by atoms with Crippen LogP contribution in [-0.2, 0) is 4.74 Å². The zero-order valence-electron chi connectivity index (χ0n) is 12.2. The smallest absolute Gasteiger partial charge is 0.342 e. The van der Waals surface area contributed by atoms with E-state index in [1.54, 1.807) is 13.0 Å². The van der Waals surface area contributed by atoms with Gasteiger partial charge in [0.15, 0.2) is 5.75 Å². The molecule has 0 fully saturated rings. The van der Waals surface area contributed by atoms with Gasteiger partial charge in [-0.1, -0.05) is 25.4 Å². The van der Waals surface area contributed by atoms with Gasteiger partial charge in [0, 0.05) is 5.69 Å². The van der Waals surface area contributed by atoms with Gasteiger partial charge in [-0.15, -0.1) is 0 Å². The van der Waals surface area contributed by atoms with Gasteiger partial charge >= 0.3 is 5.97 Å². The van der Waals surface area contributed by atoms with E-state index in [0.717, 1.165) is 12.8 Å². The van der Waals surface area contributed by atoms with E-state index in [0.29, 0.717) is 29.0 Å². The second kappa shape index (κ2) is 8.00. The van der Waals surface area contributed by atoms with Crippen LogP contribution in [-0.4, -0.2) is 19.2 Å². The number of anilines is 1. The first kappa shape index (κ1) is 16.6. The predicted octanol–water partition coefficient (Wildman–Crippen LogP) is 3.91. The van der Waals surface area contributed by atoms with Gasteiger partial charge in [-0.3, -0.25) is 0 Å². The van der Waals surface area contributed by atoms with Gasteiger partial charge in [-0.2, -0.15) is 0 Å². The van der Waals surface area contributed by atoms with Crippen molar-refractivity contribution in [3.8, 4) is 5.75 Å². The van der Waals surface area contributed by atoms with Crippen LogP contribution < -0.4 is 10.5 Å². The summed E-state index contributed by atoms with van der Waals surface area (Å²) < 4.78 is 10.6. The molecule has 0 radical (unpaired) electrons. The quantitative estimate of drug-likeness (QED) is 0.471. The van der Waals surface area contributed by atoms with Gasteiger partial charge in [0.25, 0.3) is 0 Å². The average molecular weight is 300 g/mol. The molecule has 2 N–H and O–H groups in total. The summed E-state index contributed by atoms with van der Waals surface area (Å²) in [5.41, 5.74) is 6.40. The molecule has 20 heavy (non-hydrogen) atoms. The van der Waals surface area contributed by atoms with Gasteiger partial charge < -0.3 is 15.2 Å². The van der Waals surface area contributed by atoms with E-state index in [1.165, 1.54) is 6.07 Å². The fourth-order valence-corrected chi connectivity index (χ4v) is 2.07. The van der Waals surface area contributed by atoms with Crippen molar-refractivity contribution in [2.45, 2.75) is 33.6 Å². The third kappa shape index (κ3) is 4.93. The van der Waals surface area contributed by atoms with E-state index in [9.17, 15) is 4.79 Å². The zero-order valence-corrected chi connectivity index (χ0v) is 13.0. The van der Waals surface area contributed by atoms with Crippen LogP contribution in [0.25, 0.3) is 0 Å². The van der Waals surface area contributed by atoms with Crippen molar-refractivity contribution in [2.24, 2.45) is 5.92 Å². The molecule has 0 aliphatic heterocycles. The van der Waals surface area contributed by atoms with E-state index in [1.807, 2.05) is 0 Å². The first-order valence-corrected chi connectivity index (χ1v) is 7.22. The van der Waals surface area contributed by atoms with E-state index in [2.05, 4.69) is 13.8 Å². The number of nitrogen functional groups attached to an aromatic ring is 1. The Labute approximate surface area is 125 Å². The molecule has 0 heterocycles. The molecular weight excluding hydrogens is 278 g/mol. The highest BCUT2D eigenvalue weighted by Gasteiger charge is 2.18. The first-order chi connectivity index (χ1) is 9.45. The van der Waals surface area contributed by atoms with Gasteiger partial charge in [-0.05, 0) is 37.8 Å². The minimum Gasteiger partial charge on any atom is -0.491 e. The summed E-state index contributed by atoms with van der Waals surface area (Å²) in [6.07, 6.45) is 1.96. The molecule has 112 valence electrons. The number of ether oxygens (including phenoxy) is 2. The van der Waals surface area contributed by atoms with Crippen LogP contribution in [0.15, 0.2) is 12.1 Å². The summed E-state index contributed by atoms with van der Waals surface area (Å²) >= 11 is 6.11. The van der Waals surface area contributed by atoms with Crippen molar-refractivity contribution in [2.75, 3.05) is 18.9 Å². The van der Waals surface area contributed by atoms with Crippen molar-refractivity contribution >= 4 is 23.3 Å². The lowest BCUT2D eigenvalue weighted by atomic mass is 10.1. The Bertz CT molecular complexity index is 461. The minimum absolute atomic E-state index is 0.279. The van der Waals surface area contributed by atoms with Crippen LogP contribution in [0.5, 0.6) is 5.75 Å². The maximum Gasteiger partial charge on any atom is 0.342 e. The highest BCUT2D eigenvalue weighted by atomic mass is 35.5. The van der Waals surface area contributed by atoms with Crippen molar-refractivity contribution in [3.63, 3.8) is 0 Å². The summed E-state index contributed by atoms with van der Waals surface area (Å²) in [6.45, 7) is 6.85. The third-order valence-corrected chi connectivity index (χ3v) is 3.01. The number of halogens is 1. The molecule has 0 spiro atoms. The van der Waals surface area contributed by atoms with Gasteiger partial charge in [0.2, 0.25) is 0 Å². The lowest BCUT2D eigenvalue weighted by molar-refractivity contribution is 0.0521. The molecule has 5 heteroatoms. The Morgan fingerprint density at radius 1 is 1.40 bits per heavy atom. The summed E-state index contributed by atoms with van der Waals surface area (Å²) in [5, 5.41) is 0.331. The lowest BCUT2D eigenvalue weighted by Crippen LogP contribution is -2.10. The summed E-state index contributed by atoms with van der Waals surface area (Å²) in [7, 11) is 0. The largest absolute Gasteiger partial charge is 0.491 e. The van der Waals surface area contributed by atoms with Crippen LogP contribution in [0.1, 0.15) is 44.0 Å². The summed E-state index contributed by atoms with van der Waals surface area (Å²) in [5.74, 6) is 0.494. The number of rotatable bonds is 7. The molecule has 0 atom stereocenters. The first-order valence-electron chi connectivity index (χ1n) is 6.84. The molecule has 0 aliphatic rings. The van der Waals surface area contributed by atoms with E-state index >= 15 is 0 Å². The molecular formula is C15H22ClNO3. The van der Waals surface area contributed by atoms with Crippen LogP contribution >= 0.6 is 11.6 Å². The minimum atomic E-state index is -0.472. The molecule has 1 aromatic carbocycles. The second-order valence-corrected chi connectivity index (χ2v) is 5.39. The molecule has 0 aliphatic carbocycles. The van der Waals surface area contributed by atoms with E-state index < -0.39 is 5.97 Å². The molecule has 0 unspecified atom stereocenters. The normalized spacial score (nSPS) is 10.7. The van der Waals surface area contributed by atoms with Crippen molar-refractivity contribution in [3.05, 3.63) is 22.7 Å². The Morgan fingerprint density at radius 3 is 2.70 bits per heavy atom. The Morgan fingerprint density at radius 2 is 2.10 bits per heavy atom. The van der Waals surface area contributed by atoms with E-state index in [4.69, 9.17) is 26.8 Å². The average Bonchev–Trinajstić information content (AvgIpc) is 2.35. The number of nitrogens with two attached hydrogens (primary N) is 1. The topological polar surface area (TPSA) is 61.5 Å². The summed E-state index contributed by atoms with van der Waals surface area (Å²) in [6, 6.07) is 3.10. The molecule has 4 nitrogen and oxygen atoms in total. The van der Waals surface area contributed by atoms with Gasteiger partial charge in [0.05, 0.1) is 18.2 Å². The predicted molar refractivity (Wildman–Crippen MR) is 81.4 cm³/mol. The highest BCUT2D eigenvalue weighted by Crippen LogP contribution is 2.32. The molecule has 0 amide bonds. The maximum atomic E-state index is 11.9. The fraction of sp³-hybridized carbons (Fsp3) is 0.533. The zero-order chi connectivity index (χ0) is 15.1. The van der Waals surface area contributed by atoms with E-state index in [-0.39, 0.29) is 12.2 Å². The monoisotopic (exact) mass is 299 g/mol. The van der Waals surface area contributed by atoms with Crippen molar-refractivity contribution in [1.82, 2.24) is 0 Å². The number of carbonyl (C=O) groups is 1.